The van der Waals surface area contributed by atoms with Gasteiger partial charge in [-0.1, -0.05) is 24.3 Å². The molecule has 2 aromatic carbocycles. The van der Waals surface area contributed by atoms with Crippen molar-refractivity contribution in [2.24, 2.45) is 0 Å². The minimum atomic E-state index is -0.413. The number of hydrogen-bond donors (Lipinski definition) is 1. The van der Waals surface area contributed by atoms with Gasteiger partial charge >= 0.3 is 0 Å². The van der Waals surface area contributed by atoms with Crippen molar-refractivity contribution in [3.63, 3.8) is 0 Å². The zero-order valence-electron chi connectivity index (χ0n) is 14.2. The van der Waals surface area contributed by atoms with Gasteiger partial charge in [0.15, 0.2) is 0 Å². The van der Waals surface area contributed by atoms with Crippen molar-refractivity contribution in [2.75, 3.05) is 13.1 Å². The van der Waals surface area contributed by atoms with Crippen LogP contribution in [0.2, 0.25) is 0 Å². The van der Waals surface area contributed by atoms with Gasteiger partial charge in [0.05, 0.1) is 5.39 Å². The molecule has 1 aliphatic rings. The van der Waals surface area contributed by atoms with E-state index in [2.05, 4.69) is 4.98 Å². The third-order valence-electron chi connectivity index (χ3n) is 5.14. The first kappa shape index (κ1) is 16.5. The Hall–Kier alpha value is -2.95. The molecule has 0 saturated carbocycles. The first-order valence-corrected chi connectivity index (χ1v) is 8.78. The first-order valence-electron chi connectivity index (χ1n) is 8.78. The van der Waals surface area contributed by atoms with Gasteiger partial charge in [-0.05, 0) is 54.0 Å². The Morgan fingerprint density at radius 1 is 1.04 bits per heavy atom. The molecule has 0 unspecified atom stereocenters. The number of halogens is 1. The summed E-state index contributed by atoms with van der Waals surface area (Å²) < 4.78 is 13.5. The average molecular weight is 350 g/mol. The normalized spacial score (nSPS) is 15.3. The summed E-state index contributed by atoms with van der Waals surface area (Å²) in [6.07, 6.45) is 3.37. The number of aromatic nitrogens is 1. The summed E-state index contributed by atoms with van der Waals surface area (Å²) in [5, 5.41) is 1.17. The summed E-state index contributed by atoms with van der Waals surface area (Å²) in [6.45, 7) is 1.33. The van der Waals surface area contributed by atoms with Crippen LogP contribution in [0.15, 0.2) is 59.5 Å². The van der Waals surface area contributed by atoms with Gasteiger partial charge in [-0.2, -0.15) is 0 Å². The Kier molecular flexibility index (Phi) is 4.29. The predicted molar refractivity (Wildman–Crippen MR) is 98.8 cm³/mol. The SMILES string of the molecule is O=C(c1ccccc1)N1CCC(c2c[nH]c(=O)c3cc(F)ccc23)CC1. The average Bonchev–Trinajstić information content (AvgIpc) is 2.69. The van der Waals surface area contributed by atoms with Gasteiger partial charge in [0.1, 0.15) is 5.82 Å². The van der Waals surface area contributed by atoms with Gasteiger partial charge in [0, 0.05) is 24.8 Å². The molecule has 0 radical (unpaired) electrons. The molecule has 5 heteroatoms. The molecular formula is C21H19FN2O2. The predicted octanol–water partition coefficient (Wildman–Crippen LogP) is 3.69. The lowest BCUT2D eigenvalue weighted by Crippen LogP contribution is -2.38. The molecule has 2 heterocycles. The van der Waals surface area contributed by atoms with Gasteiger partial charge in [0.25, 0.3) is 11.5 Å². The molecule has 1 aromatic heterocycles. The summed E-state index contributed by atoms with van der Waals surface area (Å²) in [7, 11) is 0. The molecule has 0 bridgehead atoms. The highest BCUT2D eigenvalue weighted by atomic mass is 19.1. The molecule has 26 heavy (non-hydrogen) atoms. The van der Waals surface area contributed by atoms with Crippen molar-refractivity contribution in [2.45, 2.75) is 18.8 Å². The molecule has 132 valence electrons. The Morgan fingerprint density at radius 3 is 2.50 bits per heavy atom. The van der Waals surface area contributed by atoms with Crippen LogP contribution in [0.1, 0.15) is 34.7 Å². The van der Waals surface area contributed by atoms with E-state index in [-0.39, 0.29) is 17.4 Å². The summed E-state index contributed by atoms with van der Waals surface area (Å²) >= 11 is 0. The number of aromatic amines is 1. The number of H-pyrrole nitrogens is 1. The van der Waals surface area contributed by atoms with Crippen molar-refractivity contribution in [3.05, 3.63) is 82.0 Å². The second-order valence-corrected chi connectivity index (χ2v) is 6.70. The summed E-state index contributed by atoms with van der Waals surface area (Å²) in [4.78, 5) is 29.2. The van der Waals surface area contributed by atoms with Crippen LogP contribution in [-0.4, -0.2) is 28.9 Å². The van der Waals surface area contributed by atoms with Gasteiger partial charge in [-0.15, -0.1) is 0 Å². The number of benzene rings is 2. The van der Waals surface area contributed by atoms with E-state index < -0.39 is 5.82 Å². The molecule has 0 spiro atoms. The lowest BCUT2D eigenvalue weighted by atomic mass is 9.87. The smallest absolute Gasteiger partial charge is 0.255 e. The van der Waals surface area contributed by atoms with Crippen molar-refractivity contribution in [3.8, 4) is 0 Å². The van der Waals surface area contributed by atoms with Crippen LogP contribution >= 0.6 is 0 Å². The number of piperidine rings is 1. The molecule has 4 rings (SSSR count). The molecule has 1 amide bonds. The Labute approximate surface area is 150 Å². The number of nitrogens with zero attached hydrogens (tertiary/aromatic N) is 1. The van der Waals surface area contributed by atoms with E-state index in [1.54, 1.807) is 12.3 Å². The highest BCUT2D eigenvalue weighted by Crippen LogP contribution is 2.32. The number of fused-ring (bicyclic) bond motifs is 1. The van der Waals surface area contributed by atoms with E-state index in [4.69, 9.17) is 0 Å². The number of pyridine rings is 1. The van der Waals surface area contributed by atoms with Crippen LogP contribution in [0.4, 0.5) is 4.39 Å². The van der Waals surface area contributed by atoms with Crippen molar-refractivity contribution in [1.82, 2.24) is 9.88 Å². The molecule has 1 N–H and O–H groups in total. The molecule has 1 fully saturated rings. The molecule has 3 aromatic rings. The van der Waals surface area contributed by atoms with Crippen LogP contribution in [-0.2, 0) is 0 Å². The van der Waals surface area contributed by atoms with Crippen LogP contribution in [0.5, 0.6) is 0 Å². The van der Waals surface area contributed by atoms with Gasteiger partial charge < -0.3 is 9.88 Å². The number of likely N-dealkylation sites (tertiary alicyclic amines) is 1. The molecule has 4 nitrogen and oxygen atoms in total. The number of hydrogen-bond acceptors (Lipinski definition) is 2. The Bertz CT molecular complexity index is 1010. The molecule has 0 atom stereocenters. The zero-order chi connectivity index (χ0) is 18.1. The lowest BCUT2D eigenvalue weighted by Gasteiger charge is -2.32. The third kappa shape index (κ3) is 3.01. The minimum Gasteiger partial charge on any atom is -0.339 e. The monoisotopic (exact) mass is 350 g/mol. The van der Waals surface area contributed by atoms with Crippen molar-refractivity contribution in [1.29, 1.82) is 0 Å². The second-order valence-electron chi connectivity index (χ2n) is 6.70. The highest BCUT2D eigenvalue weighted by Gasteiger charge is 2.26. The second kappa shape index (κ2) is 6.75. The largest absolute Gasteiger partial charge is 0.339 e. The van der Waals surface area contributed by atoms with Crippen LogP contribution in [0.3, 0.4) is 0 Å². The standard InChI is InChI=1S/C21H19FN2O2/c22-16-6-7-17-18(12-16)20(25)23-13-19(17)14-8-10-24(11-9-14)21(26)15-4-2-1-3-5-15/h1-7,12-14H,8-11H2,(H,23,25). The van der Waals surface area contributed by atoms with Crippen LogP contribution in [0, 0.1) is 5.82 Å². The fourth-order valence-corrected chi connectivity index (χ4v) is 3.75. The number of amides is 1. The van der Waals surface area contributed by atoms with E-state index >= 15 is 0 Å². The van der Waals surface area contributed by atoms with Gasteiger partial charge in [-0.25, -0.2) is 4.39 Å². The van der Waals surface area contributed by atoms with E-state index in [9.17, 15) is 14.0 Å². The van der Waals surface area contributed by atoms with Gasteiger partial charge in [-0.3, -0.25) is 9.59 Å². The van der Waals surface area contributed by atoms with E-state index in [1.807, 2.05) is 35.2 Å². The fraction of sp³-hybridized carbons (Fsp3) is 0.238. The topological polar surface area (TPSA) is 53.2 Å². The quantitative estimate of drug-likeness (QED) is 0.766. The number of carbonyl (C=O) groups excluding carboxylic acids is 1. The summed E-state index contributed by atoms with van der Waals surface area (Å²) in [6, 6.07) is 13.6. The fourth-order valence-electron chi connectivity index (χ4n) is 3.75. The van der Waals surface area contributed by atoms with Crippen LogP contribution in [0.25, 0.3) is 10.8 Å². The minimum absolute atomic E-state index is 0.0532. The number of nitrogens with one attached hydrogen (secondary N) is 1. The third-order valence-corrected chi connectivity index (χ3v) is 5.14. The lowest BCUT2D eigenvalue weighted by molar-refractivity contribution is 0.0713. The maximum absolute atomic E-state index is 13.5. The Balaban J connectivity index is 1.56. The maximum Gasteiger partial charge on any atom is 0.255 e. The summed E-state index contributed by atoms with van der Waals surface area (Å²) in [5.74, 6) is -0.125. The molecule has 1 saturated heterocycles. The first-order chi connectivity index (χ1) is 12.6. The van der Waals surface area contributed by atoms with E-state index in [0.29, 0.717) is 24.0 Å². The highest BCUT2D eigenvalue weighted by molar-refractivity contribution is 5.94. The van der Waals surface area contributed by atoms with E-state index in [0.717, 1.165) is 23.8 Å². The van der Waals surface area contributed by atoms with Crippen LogP contribution < -0.4 is 5.56 Å². The molecule has 1 aliphatic heterocycles. The molecule has 0 aliphatic carbocycles. The van der Waals surface area contributed by atoms with Crippen molar-refractivity contribution < 1.29 is 9.18 Å². The van der Waals surface area contributed by atoms with E-state index in [1.165, 1.54) is 12.1 Å². The molecular weight excluding hydrogens is 331 g/mol. The zero-order valence-corrected chi connectivity index (χ0v) is 14.2. The van der Waals surface area contributed by atoms with Gasteiger partial charge in [0.2, 0.25) is 0 Å². The number of carbonyl (C=O) groups is 1. The number of rotatable bonds is 2. The maximum atomic E-state index is 13.5. The van der Waals surface area contributed by atoms with Crippen molar-refractivity contribution >= 4 is 16.7 Å². The summed E-state index contributed by atoms with van der Waals surface area (Å²) in [5.41, 5.74) is 1.45. The Morgan fingerprint density at radius 2 is 1.77 bits per heavy atom.